The number of esters is 1. The number of allylic oxidation sites excluding steroid dienone is 1. The quantitative estimate of drug-likeness (QED) is 0.699. The first-order valence-corrected chi connectivity index (χ1v) is 7.24. The maximum Gasteiger partial charge on any atom is 0.355 e. The van der Waals surface area contributed by atoms with Gasteiger partial charge in [-0.1, -0.05) is 12.8 Å². The Bertz CT molecular complexity index is 515. The maximum atomic E-state index is 11.9. The van der Waals surface area contributed by atoms with Crippen molar-refractivity contribution < 1.29 is 17.9 Å². The van der Waals surface area contributed by atoms with Gasteiger partial charge in [-0.15, -0.1) is 4.40 Å². The molecule has 1 saturated carbocycles. The van der Waals surface area contributed by atoms with Crippen LogP contribution in [0.2, 0.25) is 0 Å². The van der Waals surface area contributed by atoms with Crippen molar-refractivity contribution in [2.75, 3.05) is 14.2 Å². The van der Waals surface area contributed by atoms with Crippen LogP contribution < -0.4 is 0 Å². The fraction of sp³-hybridized carbons (Fsp3) is 0.636. The Morgan fingerprint density at radius 3 is 2.61 bits per heavy atom. The molecule has 0 N–H and O–H groups in total. The van der Waals surface area contributed by atoms with Gasteiger partial charge in [-0.3, -0.25) is 0 Å². The molecule has 2 rings (SSSR count). The van der Waals surface area contributed by atoms with E-state index in [1.807, 2.05) is 0 Å². The number of hydrogen-bond acceptors (Lipinski definition) is 4. The van der Waals surface area contributed by atoms with E-state index in [1.54, 1.807) is 0 Å². The van der Waals surface area contributed by atoms with E-state index in [0.29, 0.717) is 5.71 Å². The van der Waals surface area contributed by atoms with Crippen LogP contribution in [-0.2, 0) is 19.7 Å². The van der Waals surface area contributed by atoms with Gasteiger partial charge in [0.1, 0.15) is 5.70 Å². The number of nitrogens with zero attached hydrogens (tertiary/aromatic N) is 2. The predicted molar refractivity (Wildman–Crippen MR) is 66.2 cm³/mol. The van der Waals surface area contributed by atoms with Crippen molar-refractivity contribution in [2.45, 2.75) is 25.7 Å². The molecule has 2 aliphatic rings. The maximum absolute atomic E-state index is 11.9. The minimum atomic E-state index is -3.80. The van der Waals surface area contributed by atoms with Crippen molar-refractivity contribution in [3.8, 4) is 0 Å². The van der Waals surface area contributed by atoms with E-state index in [4.69, 9.17) is 0 Å². The summed E-state index contributed by atoms with van der Waals surface area (Å²) < 4.78 is 33.0. The number of carbonyl (C=O) groups excluding carboxylic acids is 1. The SMILES string of the molecule is COC(=O)C1=CC(C2CCCC2)=NS(=O)(=O)N1C. The standard InChI is InChI=1S/C11H16N2O4S/c1-13-10(11(14)17-2)7-9(12-18(13,15)16)8-5-3-4-6-8/h7-8H,3-6H2,1-2H3. The molecular weight excluding hydrogens is 256 g/mol. The van der Waals surface area contributed by atoms with Gasteiger partial charge in [-0.2, -0.15) is 8.42 Å². The summed E-state index contributed by atoms with van der Waals surface area (Å²) in [5.74, 6) is -0.528. The summed E-state index contributed by atoms with van der Waals surface area (Å²) in [6.45, 7) is 0. The number of methoxy groups -OCH3 is 1. The van der Waals surface area contributed by atoms with E-state index >= 15 is 0 Å². The van der Waals surface area contributed by atoms with Crippen LogP contribution in [0.5, 0.6) is 0 Å². The third-order valence-electron chi connectivity index (χ3n) is 3.36. The van der Waals surface area contributed by atoms with E-state index in [-0.39, 0.29) is 11.6 Å². The molecule has 1 fully saturated rings. The molecule has 6 nitrogen and oxygen atoms in total. The molecule has 7 heteroatoms. The van der Waals surface area contributed by atoms with Crippen LogP contribution in [0.3, 0.4) is 0 Å². The summed E-state index contributed by atoms with van der Waals surface area (Å²) in [4.78, 5) is 11.6. The molecule has 0 aromatic heterocycles. The summed E-state index contributed by atoms with van der Waals surface area (Å²) >= 11 is 0. The lowest BCUT2D eigenvalue weighted by atomic mass is 10.0. The number of carbonyl (C=O) groups is 1. The Labute approximate surface area is 107 Å². The monoisotopic (exact) mass is 272 g/mol. The second-order valence-corrected chi connectivity index (χ2v) is 6.09. The minimum Gasteiger partial charge on any atom is -0.464 e. The van der Waals surface area contributed by atoms with Crippen LogP contribution in [0.4, 0.5) is 0 Å². The highest BCUT2D eigenvalue weighted by Crippen LogP contribution is 2.30. The highest BCUT2D eigenvalue weighted by molar-refractivity contribution is 7.88. The number of likely N-dealkylation sites (N-methyl/N-ethyl adjacent to an activating group) is 1. The predicted octanol–water partition coefficient (Wildman–Crippen LogP) is 0.865. The van der Waals surface area contributed by atoms with Crippen LogP contribution >= 0.6 is 0 Å². The molecule has 100 valence electrons. The lowest BCUT2D eigenvalue weighted by molar-refractivity contribution is -0.137. The molecule has 18 heavy (non-hydrogen) atoms. The van der Waals surface area contributed by atoms with Gasteiger partial charge in [0, 0.05) is 13.0 Å². The molecule has 0 aromatic carbocycles. The average Bonchev–Trinajstić information content (AvgIpc) is 2.85. The summed E-state index contributed by atoms with van der Waals surface area (Å²) in [5.41, 5.74) is 0.500. The van der Waals surface area contributed by atoms with Crippen molar-refractivity contribution in [3.63, 3.8) is 0 Å². The number of hydrogen-bond donors (Lipinski definition) is 0. The van der Waals surface area contributed by atoms with E-state index < -0.39 is 16.2 Å². The molecule has 0 amide bonds. The van der Waals surface area contributed by atoms with Gasteiger partial charge in [0.25, 0.3) is 0 Å². The molecule has 0 radical (unpaired) electrons. The Morgan fingerprint density at radius 2 is 2.06 bits per heavy atom. The zero-order valence-electron chi connectivity index (χ0n) is 10.4. The second-order valence-electron chi connectivity index (χ2n) is 4.46. The summed E-state index contributed by atoms with van der Waals surface area (Å²) in [5, 5.41) is 0. The van der Waals surface area contributed by atoms with E-state index in [9.17, 15) is 13.2 Å². The van der Waals surface area contributed by atoms with Crippen molar-refractivity contribution in [2.24, 2.45) is 10.3 Å². The second kappa shape index (κ2) is 4.72. The molecule has 0 saturated heterocycles. The molecule has 1 aliphatic carbocycles. The first-order valence-electron chi connectivity index (χ1n) is 5.84. The zero-order valence-corrected chi connectivity index (χ0v) is 11.2. The number of rotatable bonds is 2. The highest BCUT2D eigenvalue weighted by Gasteiger charge is 2.33. The zero-order chi connectivity index (χ0) is 13.3. The molecule has 0 spiro atoms. The third kappa shape index (κ3) is 2.27. The van der Waals surface area contributed by atoms with Crippen LogP contribution in [0.1, 0.15) is 25.7 Å². The Balaban J connectivity index is 2.40. The summed E-state index contributed by atoms with van der Waals surface area (Å²) in [6.07, 6.45) is 5.51. The Morgan fingerprint density at radius 1 is 1.44 bits per heavy atom. The smallest absolute Gasteiger partial charge is 0.355 e. The van der Waals surface area contributed by atoms with E-state index in [2.05, 4.69) is 9.13 Å². The molecule has 0 bridgehead atoms. The molecular formula is C11H16N2O4S. The summed E-state index contributed by atoms with van der Waals surface area (Å²) in [6, 6.07) is 0. The normalized spacial score (nSPS) is 23.6. The molecule has 0 atom stereocenters. The van der Waals surface area contributed by atoms with Gasteiger partial charge in [-0.25, -0.2) is 9.10 Å². The molecule has 1 heterocycles. The summed E-state index contributed by atoms with van der Waals surface area (Å²) in [7, 11) is -1.27. The van der Waals surface area contributed by atoms with Gasteiger partial charge >= 0.3 is 16.2 Å². The van der Waals surface area contributed by atoms with Crippen molar-refractivity contribution >= 4 is 21.9 Å². The van der Waals surface area contributed by atoms with Crippen molar-refractivity contribution in [3.05, 3.63) is 11.8 Å². The van der Waals surface area contributed by atoms with Crippen LogP contribution in [0.15, 0.2) is 16.2 Å². The van der Waals surface area contributed by atoms with Crippen molar-refractivity contribution in [1.29, 1.82) is 0 Å². The largest absolute Gasteiger partial charge is 0.464 e. The first-order chi connectivity index (χ1) is 8.45. The minimum absolute atomic E-state index is 0.0226. The fourth-order valence-electron chi connectivity index (χ4n) is 2.28. The van der Waals surface area contributed by atoms with Crippen LogP contribution in [0, 0.1) is 5.92 Å². The Hall–Kier alpha value is -1.37. The van der Waals surface area contributed by atoms with Gasteiger partial charge in [0.15, 0.2) is 0 Å². The van der Waals surface area contributed by atoms with Crippen LogP contribution in [-0.4, -0.2) is 38.6 Å². The molecule has 0 unspecified atom stereocenters. The van der Waals surface area contributed by atoms with E-state index in [0.717, 1.165) is 30.0 Å². The van der Waals surface area contributed by atoms with Gasteiger partial charge in [-0.05, 0) is 18.9 Å². The lowest BCUT2D eigenvalue weighted by Crippen LogP contribution is -2.34. The van der Waals surface area contributed by atoms with Gasteiger partial charge in [0.2, 0.25) is 0 Å². The number of ether oxygens (including phenoxy) is 1. The van der Waals surface area contributed by atoms with E-state index in [1.165, 1.54) is 20.2 Å². The van der Waals surface area contributed by atoms with Crippen LogP contribution in [0.25, 0.3) is 0 Å². The Kier molecular flexibility index (Phi) is 3.43. The highest BCUT2D eigenvalue weighted by atomic mass is 32.2. The van der Waals surface area contributed by atoms with Gasteiger partial charge < -0.3 is 4.74 Å². The van der Waals surface area contributed by atoms with Gasteiger partial charge in [0.05, 0.1) is 12.8 Å². The third-order valence-corrected chi connectivity index (χ3v) is 4.69. The fourth-order valence-corrected chi connectivity index (χ4v) is 3.25. The molecule has 1 aliphatic heterocycles. The molecule has 0 aromatic rings. The first kappa shape index (κ1) is 13.1. The lowest BCUT2D eigenvalue weighted by Gasteiger charge is -2.24. The average molecular weight is 272 g/mol. The topological polar surface area (TPSA) is 76.0 Å². The van der Waals surface area contributed by atoms with Crippen molar-refractivity contribution in [1.82, 2.24) is 4.31 Å².